The molecule has 1 amide bonds. The van der Waals surface area contributed by atoms with Gasteiger partial charge in [-0.3, -0.25) is 20.1 Å². The summed E-state index contributed by atoms with van der Waals surface area (Å²) in [5.41, 5.74) is 6.28. The number of nitrogens with one attached hydrogen (secondary N) is 2. The van der Waals surface area contributed by atoms with Crippen molar-refractivity contribution >= 4 is 28.4 Å². The lowest BCUT2D eigenvalue weighted by atomic mass is 10.1. The Balaban J connectivity index is 1.64. The number of rotatable bonds is 5. The molecule has 0 aliphatic rings. The van der Waals surface area contributed by atoms with Gasteiger partial charge in [-0.15, -0.1) is 0 Å². The van der Waals surface area contributed by atoms with Crippen molar-refractivity contribution in [1.82, 2.24) is 14.9 Å². The predicted octanol–water partition coefficient (Wildman–Crippen LogP) is 5.02. The van der Waals surface area contributed by atoms with E-state index >= 15 is 0 Å². The van der Waals surface area contributed by atoms with Crippen molar-refractivity contribution in [1.29, 1.82) is 0 Å². The Hall–Kier alpha value is -4.16. The molecule has 7 heteroatoms. The summed E-state index contributed by atoms with van der Waals surface area (Å²) in [7, 11) is 0. The van der Waals surface area contributed by atoms with Crippen molar-refractivity contribution in [2.45, 2.75) is 6.42 Å². The lowest BCUT2D eigenvalue weighted by molar-refractivity contribution is -0.116. The second-order valence-electron chi connectivity index (χ2n) is 7.60. The summed E-state index contributed by atoms with van der Waals surface area (Å²) in [4.78, 5) is 26.3. The molecule has 0 aliphatic heterocycles. The standard InChI is InChI=1S/C26H19ClN4O2/c27-20-13-7-12-19(15-20)24-21-16-22(18-10-5-2-6-11-18)31(26(33)25(21)29-28-24)30-23(32)14-17-8-3-1-4-9-17/h1-13,15-16H,14H2,(H,28,29)(H,30,32). The van der Waals surface area contributed by atoms with Gasteiger partial charge in [-0.2, -0.15) is 5.10 Å². The zero-order valence-electron chi connectivity index (χ0n) is 17.5. The second kappa shape index (κ2) is 8.76. The zero-order chi connectivity index (χ0) is 22.8. The van der Waals surface area contributed by atoms with E-state index in [0.29, 0.717) is 27.3 Å². The van der Waals surface area contributed by atoms with Gasteiger partial charge in [-0.05, 0) is 23.8 Å². The van der Waals surface area contributed by atoms with E-state index in [2.05, 4.69) is 15.6 Å². The van der Waals surface area contributed by atoms with E-state index in [0.717, 1.165) is 16.7 Å². The number of hydrogen-bond donors (Lipinski definition) is 2. The molecule has 5 rings (SSSR count). The molecule has 2 aromatic heterocycles. The number of amides is 1. The molecule has 0 bridgehead atoms. The van der Waals surface area contributed by atoms with Gasteiger partial charge >= 0.3 is 0 Å². The number of fused-ring (bicyclic) bond motifs is 1. The maximum Gasteiger partial charge on any atom is 0.295 e. The molecule has 162 valence electrons. The second-order valence-corrected chi connectivity index (χ2v) is 8.04. The van der Waals surface area contributed by atoms with Crippen LogP contribution in [0.5, 0.6) is 0 Å². The van der Waals surface area contributed by atoms with E-state index in [1.54, 1.807) is 12.1 Å². The van der Waals surface area contributed by atoms with Crippen LogP contribution in [0.3, 0.4) is 0 Å². The summed E-state index contributed by atoms with van der Waals surface area (Å²) >= 11 is 6.17. The average molecular weight is 455 g/mol. The van der Waals surface area contributed by atoms with Crippen LogP contribution in [0.1, 0.15) is 5.56 Å². The Labute approximate surface area is 194 Å². The van der Waals surface area contributed by atoms with Crippen molar-refractivity contribution in [3.05, 3.63) is 112 Å². The number of aromatic nitrogens is 3. The Morgan fingerprint density at radius 2 is 1.61 bits per heavy atom. The number of benzene rings is 3. The van der Waals surface area contributed by atoms with Crippen LogP contribution in [-0.4, -0.2) is 20.8 Å². The predicted molar refractivity (Wildman–Crippen MR) is 131 cm³/mol. The lowest BCUT2D eigenvalue weighted by Gasteiger charge is -2.15. The molecular weight excluding hydrogens is 436 g/mol. The number of nitrogens with zero attached hydrogens (tertiary/aromatic N) is 2. The van der Waals surface area contributed by atoms with E-state index in [1.165, 1.54) is 4.68 Å². The molecule has 0 saturated heterocycles. The van der Waals surface area contributed by atoms with Crippen LogP contribution in [0.2, 0.25) is 5.02 Å². The first-order valence-corrected chi connectivity index (χ1v) is 10.8. The van der Waals surface area contributed by atoms with Crippen molar-refractivity contribution in [3.63, 3.8) is 0 Å². The fourth-order valence-electron chi connectivity index (χ4n) is 3.81. The quantitative estimate of drug-likeness (QED) is 0.391. The molecule has 0 radical (unpaired) electrons. The van der Waals surface area contributed by atoms with Crippen LogP contribution in [-0.2, 0) is 11.2 Å². The molecule has 2 N–H and O–H groups in total. The minimum atomic E-state index is -0.395. The minimum absolute atomic E-state index is 0.149. The number of H-pyrrole nitrogens is 1. The highest BCUT2D eigenvalue weighted by Crippen LogP contribution is 2.29. The Kier molecular flexibility index (Phi) is 5.50. The van der Waals surface area contributed by atoms with Crippen LogP contribution >= 0.6 is 11.6 Å². The average Bonchev–Trinajstić information content (AvgIpc) is 3.26. The topological polar surface area (TPSA) is 79.8 Å². The normalized spacial score (nSPS) is 10.9. The maximum absolute atomic E-state index is 13.5. The number of pyridine rings is 1. The van der Waals surface area contributed by atoms with Crippen molar-refractivity contribution in [3.8, 4) is 22.5 Å². The molecule has 6 nitrogen and oxygen atoms in total. The molecule has 33 heavy (non-hydrogen) atoms. The third kappa shape index (κ3) is 4.16. The first-order valence-electron chi connectivity index (χ1n) is 10.4. The third-order valence-corrected chi connectivity index (χ3v) is 5.59. The molecule has 0 unspecified atom stereocenters. The minimum Gasteiger partial charge on any atom is -0.273 e. The van der Waals surface area contributed by atoms with Gasteiger partial charge in [0.15, 0.2) is 0 Å². The molecule has 0 atom stereocenters. The monoisotopic (exact) mass is 454 g/mol. The summed E-state index contributed by atoms with van der Waals surface area (Å²) < 4.78 is 1.28. The van der Waals surface area contributed by atoms with E-state index in [1.807, 2.05) is 78.9 Å². The summed E-state index contributed by atoms with van der Waals surface area (Å²) in [5, 5.41) is 8.44. The van der Waals surface area contributed by atoms with E-state index in [-0.39, 0.29) is 12.3 Å². The van der Waals surface area contributed by atoms with Crippen LogP contribution in [0, 0.1) is 0 Å². The van der Waals surface area contributed by atoms with E-state index in [9.17, 15) is 9.59 Å². The van der Waals surface area contributed by atoms with Gasteiger partial charge < -0.3 is 0 Å². The van der Waals surface area contributed by atoms with Gasteiger partial charge in [0.1, 0.15) is 11.2 Å². The van der Waals surface area contributed by atoms with E-state index in [4.69, 9.17) is 11.6 Å². The Bertz CT molecular complexity index is 1510. The molecular formula is C26H19ClN4O2. The van der Waals surface area contributed by atoms with Crippen LogP contribution in [0.15, 0.2) is 95.8 Å². The smallest absolute Gasteiger partial charge is 0.273 e. The third-order valence-electron chi connectivity index (χ3n) is 5.35. The van der Waals surface area contributed by atoms with Crippen LogP contribution in [0.4, 0.5) is 0 Å². The molecule has 0 aliphatic carbocycles. The number of carbonyl (C=O) groups excluding carboxylic acids is 1. The SMILES string of the molecule is O=C(Cc1ccccc1)Nn1c(-c2ccccc2)cc2c(-c3cccc(Cl)c3)n[nH]c2c1=O. The highest BCUT2D eigenvalue weighted by atomic mass is 35.5. The number of aromatic amines is 1. The van der Waals surface area contributed by atoms with Gasteiger partial charge in [-0.25, -0.2) is 4.68 Å². The maximum atomic E-state index is 13.5. The van der Waals surface area contributed by atoms with Crippen molar-refractivity contribution in [2.24, 2.45) is 0 Å². The van der Waals surface area contributed by atoms with Gasteiger partial charge in [0.05, 0.1) is 12.1 Å². The van der Waals surface area contributed by atoms with Gasteiger partial charge in [0.2, 0.25) is 5.91 Å². The van der Waals surface area contributed by atoms with Crippen molar-refractivity contribution in [2.75, 3.05) is 5.43 Å². The Morgan fingerprint density at radius 1 is 0.909 bits per heavy atom. The molecule has 0 fully saturated rings. The van der Waals surface area contributed by atoms with Crippen molar-refractivity contribution < 1.29 is 4.79 Å². The highest BCUT2D eigenvalue weighted by Gasteiger charge is 2.18. The van der Waals surface area contributed by atoms with Gasteiger partial charge in [-0.1, -0.05) is 84.4 Å². The Morgan fingerprint density at radius 3 is 2.33 bits per heavy atom. The summed E-state index contributed by atoms with van der Waals surface area (Å²) in [6, 6.07) is 28.0. The van der Waals surface area contributed by atoms with Crippen LogP contribution in [0.25, 0.3) is 33.4 Å². The zero-order valence-corrected chi connectivity index (χ0v) is 18.2. The van der Waals surface area contributed by atoms with E-state index < -0.39 is 5.56 Å². The van der Waals surface area contributed by atoms with Crippen LogP contribution < -0.4 is 11.0 Å². The summed E-state index contributed by atoms with van der Waals surface area (Å²) in [6.07, 6.45) is 0.149. The number of halogens is 1. The summed E-state index contributed by atoms with van der Waals surface area (Å²) in [5.74, 6) is -0.297. The van der Waals surface area contributed by atoms with Gasteiger partial charge in [0, 0.05) is 21.5 Å². The fraction of sp³-hybridized carbons (Fsp3) is 0.0385. The molecule has 0 spiro atoms. The molecule has 5 aromatic rings. The highest BCUT2D eigenvalue weighted by molar-refractivity contribution is 6.30. The molecule has 2 heterocycles. The first-order chi connectivity index (χ1) is 16.1. The fourth-order valence-corrected chi connectivity index (χ4v) is 4.00. The largest absolute Gasteiger partial charge is 0.295 e. The molecule has 3 aromatic carbocycles. The first kappa shape index (κ1) is 20.7. The number of hydrogen-bond acceptors (Lipinski definition) is 3. The summed E-state index contributed by atoms with van der Waals surface area (Å²) in [6.45, 7) is 0. The molecule has 0 saturated carbocycles. The van der Waals surface area contributed by atoms with Gasteiger partial charge in [0.25, 0.3) is 5.56 Å². The number of carbonyl (C=O) groups is 1. The lowest BCUT2D eigenvalue weighted by Crippen LogP contribution is -2.35.